The summed E-state index contributed by atoms with van der Waals surface area (Å²) in [4.78, 5) is 0. The number of hydrogen-bond donors (Lipinski definition) is 0. The Kier molecular flexibility index (Phi) is 4.42. The summed E-state index contributed by atoms with van der Waals surface area (Å²) in [5.74, 6) is 0. The molecule has 0 atom stereocenters. The first kappa shape index (κ1) is 22.7. The highest BCUT2D eigenvalue weighted by molar-refractivity contribution is 6.10. The Morgan fingerprint density at radius 2 is 1.12 bits per heavy atom. The lowest BCUT2D eigenvalue weighted by molar-refractivity contribution is 0.647. The second-order valence-electron chi connectivity index (χ2n) is 11.8. The van der Waals surface area contributed by atoms with Gasteiger partial charge in [0.2, 0.25) is 0 Å². The molecule has 2 nitrogen and oxygen atoms in total. The van der Waals surface area contributed by atoms with Gasteiger partial charge in [-0.15, -0.1) is 0 Å². The molecule has 2 heteroatoms. The van der Waals surface area contributed by atoms with Crippen LogP contribution in [0.3, 0.4) is 0 Å². The first-order valence-corrected chi connectivity index (χ1v) is 14.3. The summed E-state index contributed by atoms with van der Waals surface area (Å²) in [6, 6.07) is 46.2. The zero-order chi connectivity index (χ0) is 27.3. The van der Waals surface area contributed by atoms with Gasteiger partial charge in [0.1, 0.15) is 11.2 Å². The van der Waals surface area contributed by atoms with E-state index in [9.17, 15) is 0 Å². The zero-order valence-electron chi connectivity index (χ0n) is 23.0. The molecule has 0 saturated heterocycles. The van der Waals surface area contributed by atoms with Crippen molar-refractivity contribution >= 4 is 43.7 Å². The third kappa shape index (κ3) is 3.08. The SMILES string of the molecule is CC1(C)c2ccccc2-c2cc3c(cc21)oc1cc(-c2ccc(-n4c5ccccc5c5ccccc54)cc2)ccc13. The Bertz CT molecular complexity index is 2280. The molecule has 0 aliphatic heterocycles. The van der Waals surface area contributed by atoms with Crippen LogP contribution < -0.4 is 0 Å². The third-order valence-corrected chi connectivity index (χ3v) is 9.21. The molecule has 0 saturated carbocycles. The van der Waals surface area contributed by atoms with E-state index in [1.807, 2.05) is 0 Å². The maximum absolute atomic E-state index is 6.51. The lowest BCUT2D eigenvalue weighted by Gasteiger charge is -2.21. The summed E-state index contributed by atoms with van der Waals surface area (Å²) in [6.45, 7) is 4.63. The topological polar surface area (TPSA) is 18.1 Å². The van der Waals surface area contributed by atoms with E-state index in [0.29, 0.717) is 0 Å². The van der Waals surface area contributed by atoms with E-state index in [1.54, 1.807) is 0 Å². The van der Waals surface area contributed by atoms with Crippen molar-refractivity contribution in [2.45, 2.75) is 19.3 Å². The number of furan rings is 1. The molecular formula is C39H27NO. The van der Waals surface area contributed by atoms with Crippen molar-refractivity contribution in [3.05, 3.63) is 139 Å². The van der Waals surface area contributed by atoms with Crippen molar-refractivity contribution in [1.29, 1.82) is 0 Å². The van der Waals surface area contributed by atoms with Crippen LogP contribution >= 0.6 is 0 Å². The van der Waals surface area contributed by atoms with E-state index < -0.39 is 0 Å². The second-order valence-corrected chi connectivity index (χ2v) is 11.8. The molecule has 9 rings (SSSR count). The number of rotatable bonds is 2. The largest absolute Gasteiger partial charge is 0.456 e. The molecule has 0 N–H and O–H groups in total. The van der Waals surface area contributed by atoms with Crippen molar-refractivity contribution in [1.82, 2.24) is 4.57 Å². The fraction of sp³-hybridized carbons (Fsp3) is 0.0769. The molecule has 0 unspecified atom stereocenters. The van der Waals surface area contributed by atoms with Crippen LogP contribution in [0.5, 0.6) is 0 Å². The van der Waals surface area contributed by atoms with Gasteiger partial charge in [-0.25, -0.2) is 0 Å². The predicted octanol–water partition coefficient (Wildman–Crippen LogP) is 10.7. The van der Waals surface area contributed by atoms with Gasteiger partial charge >= 0.3 is 0 Å². The molecule has 8 aromatic rings. The normalized spacial score (nSPS) is 13.8. The van der Waals surface area contributed by atoms with Crippen LogP contribution in [0.4, 0.5) is 0 Å². The van der Waals surface area contributed by atoms with E-state index in [1.165, 1.54) is 55.0 Å². The molecule has 1 aliphatic carbocycles. The standard InChI is InChI=1S/C39H27NO/c1-39(2)33-12-6-3-9-27(33)31-22-32-30-20-17-25(21-37(30)41-38(32)23-34(31)39)24-15-18-26(19-16-24)40-35-13-7-4-10-28(35)29-11-5-8-14-36(29)40/h3-23H,1-2H3. The molecule has 2 aromatic heterocycles. The second kappa shape index (κ2) is 7.99. The summed E-state index contributed by atoms with van der Waals surface area (Å²) in [5.41, 5.74) is 13.2. The fourth-order valence-corrected chi connectivity index (χ4v) is 7.15. The van der Waals surface area contributed by atoms with Crippen LogP contribution in [-0.4, -0.2) is 4.57 Å². The lowest BCUT2D eigenvalue weighted by Crippen LogP contribution is -2.14. The molecule has 1 aliphatic rings. The van der Waals surface area contributed by atoms with E-state index >= 15 is 0 Å². The minimum atomic E-state index is -0.0393. The lowest BCUT2D eigenvalue weighted by atomic mass is 9.82. The van der Waals surface area contributed by atoms with Gasteiger partial charge in [0.15, 0.2) is 0 Å². The molecule has 0 radical (unpaired) electrons. The average molecular weight is 526 g/mol. The van der Waals surface area contributed by atoms with Gasteiger partial charge in [0, 0.05) is 32.6 Å². The Labute approximate surface area is 238 Å². The van der Waals surface area contributed by atoms with Gasteiger partial charge in [-0.05, 0) is 81.9 Å². The van der Waals surface area contributed by atoms with Gasteiger partial charge in [0.05, 0.1) is 11.0 Å². The Morgan fingerprint density at radius 1 is 0.488 bits per heavy atom. The summed E-state index contributed by atoms with van der Waals surface area (Å²) in [7, 11) is 0. The highest BCUT2D eigenvalue weighted by Gasteiger charge is 2.36. The minimum Gasteiger partial charge on any atom is -0.456 e. The van der Waals surface area contributed by atoms with Crippen molar-refractivity contribution in [2.24, 2.45) is 0 Å². The molecule has 6 aromatic carbocycles. The van der Waals surface area contributed by atoms with Crippen LogP contribution in [-0.2, 0) is 5.41 Å². The minimum absolute atomic E-state index is 0.0393. The van der Waals surface area contributed by atoms with Gasteiger partial charge < -0.3 is 8.98 Å². The highest BCUT2D eigenvalue weighted by Crippen LogP contribution is 2.50. The first-order valence-electron chi connectivity index (χ1n) is 14.3. The number of para-hydroxylation sites is 2. The maximum atomic E-state index is 6.51. The zero-order valence-corrected chi connectivity index (χ0v) is 23.0. The van der Waals surface area contributed by atoms with Crippen LogP contribution in [0, 0.1) is 0 Å². The van der Waals surface area contributed by atoms with Crippen molar-refractivity contribution in [3.8, 4) is 27.9 Å². The third-order valence-electron chi connectivity index (χ3n) is 9.21. The van der Waals surface area contributed by atoms with Gasteiger partial charge in [-0.2, -0.15) is 0 Å². The highest BCUT2D eigenvalue weighted by atomic mass is 16.3. The van der Waals surface area contributed by atoms with Gasteiger partial charge in [-0.1, -0.05) is 92.7 Å². The molecule has 0 spiro atoms. The predicted molar refractivity (Wildman–Crippen MR) is 171 cm³/mol. The van der Waals surface area contributed by atoms with Crippen molar-refractivity contribution < 1.29 is 4.42 Å². The molecule has 0 fully saturated rings. The molecule has 41 heavy (non-hydrogen) atoms. The average Bonchev–Trinajstić information content (AvgIpc) is 3.62. The van der Waals surface area contributed by atoms with E-state index in [2.05, 4.69) is 146 Å². The van der Waals surface area contributed by atoms with Crippen LogP contribution in [0.1, 0.15) is 25.0 Å². The fourth-order valence-electron chi connectivity index (χ4n) is 7.15. The van der Waals surface area contributed by atoms with E-state index in [0.717, 1.165) is 27.8 Å². The first-order chi connectivity index (χ1) is 20.1. The van der Waals surface area contributed by atoms with E-state index in [-0.39, 0.29) is 5.41 Å². The van der Waals surface area contributed by atoms with E-state index in [4.69, 9.17) is 4.42 Å². The number of fused-ring (bicyclic) bond motifs is 9. The Balaban J connectivity index is 1.15. The van der Waals surface area contributed by atoms with Gasteiger partial charge in [-0.3, -0.25) is 0 Å². The smallest absolute Gasteiger partial charge is 0.136 e. The number of aromatic nitrogens is 1. The number of hydrogen-bond acceptors (Lipinski definition) is 1. The summed E-state index contributed by atoms with van der Waals surface area (Å²) < 4.78 is 8.86. The summed E-state index contributed by atoms with van der Waals surface area (Å²) >= 11 is 0. The molecule has 0 amide bonds. The quantitative estimate of drug-likeness (QED) is 0.219. The van der Waals surface area contributed by atoms with Crippen molar-refractivity contribution in [3.63, 3.8) is 0 Å². The Hall–Kier alpha value is -5.08. The molecule has 2 heterocycles. The van der Waals surface area contributed by atoms with Crippen molar-refractivity contribution in [2.75, 3.05) is 0 Å². The van der Waals surface area contributed by atoms with Crippen LogP contribution in [0.15, 0.2) is 132 Å². The maximum Gasteiger partial charge on any atom is 0.136 e. The summed E-state index contributed by atoms with van der Waals surface area (Å²) in [5, 5.41) is 4.90. The Morgan fingerprint density at radius 3 is 1.88 bits per heavy atom. The van der Waals surface area contributed by atoms with Crippen LogP contribution in [0.2, 0.25) is 0 Å². The number of nitrogens with zero attached hydrogens (tertiary/aromatic N) is 1. The molecular weight excluding hydrogens is 498 g/mol. The summed E-state index contributed by atoms with van der Waals surface area (Å²) in [6.07, 6.45) is 0. The molecule has 0 bridgehead atoms. The molecule has 194 valence electrons. The van der Waals surface area contributed by atoms with Gasteiger partial charge in [0.25, 0.3) is 0 Å². The monoisotopic (exact) mass is 525 g/mol. The number of benzene rings is 6. The van der Waals surface area contributed by atoms with Crippen LogP contribution in [0.25, 0.3) is 71.7 Å².